The van der Waals surface area contributed by atoms with Crippen molar-refractivity contribution in [3.63, 3.8) is 0 Å². The van der Waals surface area contributed by atoms with E-state index in [1.165, 1.54) is 0 Å². The lowest BCUT2D eigenvalue weighted by atomic mass is 10.3. The number of rotatable bonds is 3. The number of halogens is 1. The zero-order chi connectivity index (χ0) is 14.7. The molecule has 20 heavy (non-hydrogen) atoms. The minimum Gasteiger partial charge on any atom is -0.399 e. The standard InChI is InChI=1S/C6H15N5.C6H8N2.ClH/c1-2-3-4-10-6(9)11-5(7)8;7-5-1-2-6(8)4-3-5;/h2-4H2,1H3,(H6,7,8,9,10,11);1-4H,7-8H2;1H. The Morgan fingerprint density at radius 3 is 1.95 bits per heavy atom. The second-order valence-corrected chi connectivity index (χ2v) is 3.83. The van der Waals surface area contributed by atoms with Crippen molar-refractivity contribution in [2.24, 2.45) is 16.5 Å². The Morgan fingerprint density at radius 2 is 1.60 bits per heavy atom. The van der Waals surface area contributed by atoms with Crippen molar-refractivity contribution in [1.29, 1.82) is 5.41 Å². The summed E-state index contributed by atoms with van der Waals surface area (Å²) in [5.41, 5.74) is 22.6. The molecule has 0 aliphatic rings. The predicted molar refractivity (Wildman–Crippen MR) is 89.0 cm³/mol. The van der Waals surface area contributed by atoms with E-state index in [0.29, 0.717) is 6.54 Å². The molecule has 0 amide bonds. The van der Waals surface area contributed by atoms with Crippen LogP contribution < -0.4 is 28.3 Å². The molecule has 1 aromatic carbocycles. The van der Waals surface area contributed by atoms with Crippen LogP contribution in [0.1, 0.15) is 19.8 Å². The van der Waals surface area contributed by atoms with Gasteiger partial charge in [0.1, 0.15) is 0 Å². The molecule has 0 saturated carbocycles. The van der Waals surface area contributed by atoms with Crippen molar-refractivity contribution < 1.29 is 0 Å². The van der Waals surface area contributed by atoms with Gasteiger partial charge in [-0.15, -0.1) is 12.4 Å². The van der Waals surface area contributed by atoms with Crippen LogP contribution in [0.2, 0.25) is 0 Å². The summed E-state index contributed by atoms with van der Waals surface area (Å²) < 4.78 is 0. The zero-order valence-corrected chi connectivity index (χ0v) is 12.4. The van der Waals surface area contributed by atoms with E-state index in [0.717, 1.165) is 24.2 Å². The number of guanidine groups is 2. The molecule has 0 fully saturated rings. The summed E-state index contributed by atoms with van der Waals surface area (Å²) in [5.74, 6) is 0.0358. The zero-order valence-electron chi connectivity index (χ0n) is 11.6. The summed E-state index contributed by atoms with van der Waals surface area (Å²) in [5, 5.41) is 9.20. The Labute approximate surface area is 125 Å². The van der Waals surface area contributed by atoms with Crippen molar-refractivity contribution in [2.45, 2.75) is 19.8 Å². The molecule has 0 saturated heterocycles. The van der Waals surface area contributed by atoms with Gasteiger partial charge in [0.25, 0.3) is 0 Å². The number of nitrogen functional groups attached to an aromatic ring is 2. The third-order valence-electron chi connectivity index (χ3n) is 1.99. The van der Waals surface area contributed by atoms with Crippen LogP contribution in [0.4, 0.5) is 11.4 Å². The van der Waals surface area contributed by atoms with Gasteiger partial charge in [0.2, 0.25) is 0 Å². The Balaban J connectivity index is 0. The van der Waals surface area contributed by atoms with Crippen LogP contribution in [-0.2, 0) is 0 Å². The first-order valence-corrected chi connectivity index (χ1v) is 5.97. The van der Waals surface area contributed by atoms with Gasteiger partial charge in [-0.2, -0.15) is 0 Å². The van der Waals surface area contributed by atoms with E-state index in [1.54, 1.807) is 24.3 Å². The maximum atomic E-state index is 6.81. The lowest BCUT2D eigenvalue weighted by Gasteiger charge is -2.00. The number of nitrogens with zero attached hydrogens (tertiary/aromatic N) is 1. The van der Waals surface area contributed by atoms with Gasteiger partial charge in [0.05, 0.1) is 0 Å². The van der Waals surface area contributed by atoms with Gasteiger partial charge in [-0.1, -0.05) is 13.3 Å². The Morgan fingerprint density at radius 1 is 1.15 bits per heavy atom. The van der Waals surface area contributed by atoms with E-state index >= 15 is 0 Å². The molecule has 10 N–H and O–H groups in total. The van der Waals surface area contributed by atoms with E-state index in [9.17, 15) is 0 Å². The fraction of sp³-hybridized carbons (Fsp3) is 0.333. The molecule has 114 valence electrons. The van der Waals surface area contributed by atoms with E-state index in [2.05, 4.69) is 17.2 Å². The molecule has 8 heteroatoms. The molecule has 1 aromatic rings. The Bertz CT molecular complexity index is 382. The van der Waals surface area contributed by atoms with E-state index in [1.807, 2.05) is 0 Å². The molecule has 0 aliphatic heterocycles. The Kier molecular flexibility index (Phi) is 12.0. The summed E-state index contributed by atoms with van der Waals surface area (Å²) in [6.45, 7) is 2.76. The fourth-order valence-corrected chi connectivity index (χ4v) is 1.03. The van der Waals surface area contributed by atoms with Crippen molar-refractivity contribution >= 4 is 35.7 Å². The summed E-state index contributed by atoms with van der Waals surface area (Å²) in [6.07, 6.45) is 2.08. The van der Waals surface area contributed by atoms with E-state index in [4.69, 9.17) is 28.3 Å². The molecule has 1 rings (SSSR count). The first-order chi connectivity index (χ1) is 8.95. The molecular weight excluding hydrogens is 278 g/mol. The number of unbranched alkanes of at least 4 members (excludes halogenated alkanes) is 1. The number of nitrogens with two attached hydrogens (primary N) is 4. The van der Waals surface area contributed by atoms with Crippen LogP contribution in [0.3, 0.4) is 0 Å². The van der Waals surface area contributed by atoms with Crippen LogP contribution in [0.15, 0.2) is 29.3 Å². The quantitative estimate of drug-likeness (QED) is 0.211. The highest BCUT2D eigenvalue weighted by Crippen LogP contribution is 2.04. The predicted octanol–water partition coefficient (Wildman–Crippen LogP) is 0.857. The number of hydrogen-bond donors (Lipinski definition) is 6. The van der Waals surface area contributed by atoms with E-state index in [-0.39, 0.29) is 24.3 Å². The molecule has 0 heterocycles. The van der Waals surface area contributed by atoms with Gasteiger partial charge in [0.15, 0.2) is 11.9 Å². The van der Waals surface area contributed by atoms with Gasteiger partial charge >= 0.3 is 0 Å². The normalized spacial score (nSPS) is 9.75. The highest BCUT2D eigenvalue weighted by molar-refractivity contribution is 5.95. The minimum atomic E-state index is -0.178. The monoisotopic (exact) mass is 301 g/mol. The van der Waals surface area contributed by atoms with Gasteiger partial charge in [0, 0.05) is 17.9 Å². The lowest BCUT2D eigenvalue weighted by Crippen LogP contribution is -2.40. The SMILES string of the molecule is CCCCN=C(N)NC(=N)N.Cl.Nc1ccc(N)cc1. The molecule has 7 nitrogen and oxygen atoms in total. The van der Waals surface area contributed by atoms with Crippen LogP contribution in [0.25, 0.3) is 0 Å². The van der Waals surface area contributed by atoms with Crippen LogP contribution in [0, 0.1) is 5.41 Å². The van der Waals surface area contributed by atoms with Gasteiger partial charge in [-0.05, 0) is 30.7 Å². The molecule has 0 bridgehead atoms. The average Bonchev–Trinajstić information content (AvgIpc) is 2.33. The summed E-state index contributed by atoms with van der Waals surface area (Å²) >= 11 is 0. The lowest BCUT2D eigenvalue weighted by molar-refractivity contribution is 0.804. The molecular formula is C12H24ClN7. The van der Waals surface area contributed by atoms with Crippen LogP contribution in [-0.4, -0.2) is 18.5 Å². The second kappa shape index (κ2) is 11.9. The summed E-state index contributed by atoms with van der Waals surface area (Å²) in [7, 11) is 0. The topological polar surface area (TPSA) is 152 Å². The maximum Gasteiger partial charge on any atom is 0.195 e. The smallest absolute Gasteiger partial charge is 0.195 e. The van der Waals surface area contributed by atoms with Gasteiger partial charge in [-0.25, -0.2) is 0 Å². The second-order valence-electron chi connectivity index (χ2n) is 3.83. The van der Waals surface area contributed by atoms with Crippen molar-refractivity contribution in [2.75, 3.05) is 18.0 Å². The average molecular weight is 302 g/mol. The molecule has 0 aromatic heterocycles. The number of nitrogens with one attached hydrogen (secondary N) is 2. The Hall–Kier alpha value is -2.15. The first kappa shape index (κ1) is 20.2. The molecule has 0 aliphatic carbocycles. The first-order valence-electron chi connectivity index (χ1n) is 5.97. The molecule has 0 radical (unpaired) electrons. The van der Waals surface area contributed by atoms with Gasteiger partial charge in [-0.3, -0.25) is 15.7 Å². The van der Waals surface area contributed by atoms with E-state index < -0.39 is 0 Å². The van der Waals surface area contributed by atoms with Crippen LogP contribution >= 0.6 is 12.4 Å². The number of hydrogen-bond acceptors (Lipinski definition) is 4. The van der Waals surface area contributed by atoms with Gasteiger partial charge < -0.3 is 22.9 Å². The maximum absolute atomic E-state index is 6.81. The number of benzene rings is 1. The highest BCUT2D eigenvalue weighted by Gasteiger charge is 1.90. The molecule has 0 atom stereocenters. The molecule has 0 unspecified atom stereocenters. The third kappa shape index (κ3) is 12.3. The summed E-state index contributed by atoms with van der Waals surface area (Å²) in [6, 6.07) is 7.09. The molecule has 0 spiro atoms. The largest absolute Gasteiger partial charge is 0.399 e. The fourth-order valence-electron chi connectivity index (χ4n) is 1.03. The number of aliphatic imine (C=N–C) groups is 1. The van der Waals surface area contributed by atoms with Crippen molar-refractivity contribution in [1.82, 2.24) is 5.32 Å². The van der Waals surface area contributed by atoms with Crippen molar-refractivity contribution in [3.8, 4) is 0 Å². The minimum absolute atomic E-state index is 0. The van der Waals surface area contributed by atoms with Crippen LogP contribution in [0.5, 0.6) is 0 Å². The highest BCUT2D eigenvalue weighted by atomic mass is 35.5. The third-order valence-corrected chi connectivity index (χ3v) is 1.99. The summed E-state index contributed by atoms with van der Waals surface area (Å²) in [4.78, 5) is 3.92. The van der Waals surface area contributed by atoms with Crippen molar-refractivity contribution in [3.05, 3.63) is 24.3 Å². The number of anilines is 2.